The highest BCUT2D eigenvalue weighted by atomic mass is 16.2. The Kier molecular flexibility index (Phi) is 9.55. The average Bonchev–Trinajstić information content (AvgIpc) is 2.78. The number of nitrogens with zero attached hydrogens (tertiary/aromatic N) is 1. The first-order chi connectivity index (χ1) is 15.0. The quantitative estimate of drug-likeness (QED) is 0.500. The molecule has 2 aromatic carbocycles. The lowest BCUT2D eigenvalue weighted by molar-refractivity contribution is -0.116. The van der Waals surface area contributed by atoms with Crippen molar-refractivity contribution in [2.75, 3.05) is 35.6 Å². The highest BCUT2D eigenvalue weighted by Crippen LogP contribution is 2.16. The van der Waals surface area contributed by atoms with E-state index in [1.54, 1.807) is 43.3 Å². The second kappa shape index (κ2) is 12.4. The zero-order valence-electron chi connectivity index (χ0n) is 18.5. The van der Waals surface area contributed by atoms with E-state index in [1.165, 1.54) is 0 Å². The maximum absolute atomic E-state index is 12.6. The van der Waals surface area contributed by atoms with Gasteiger partial charge < -0.3 is 20.9 Å². The Hall–Kier alpha value is -3.35. The van der Waals surface area contributed by atoms with Crippen molar-refractivity contribution in [3.63, 3.8) is 0 Å². The average molecular weight is 425 g/mol. The molecule has 0 bridgehead atoms. The Balaban J connectivity index is 1.89. The summed E-state index contributed by atoms with van der Waals surface area (Å²) in [6.45, 7) is 7.45. The van der Waals surface area contributed by atoms with E-state index in [0.29, 0.717) is 23.4 Å². The molecule has 7 nitrogen and oxygen atoms in total. The number of carbonyl (C=O) groups is 3. The highest BCUT2D eigenvalue weighted by Gasteiger charge is 2.14. The van der Waals surface area contributed by atoms with Gasteiger partial charge in [-0.3, -0.25) is 14.4 Å². The van der Waals surface area contributed by atoms with Gasteiger partial charge in [0.15, 0.2) is 0 Å². The molecule has 0 radical (unpaired) electrons. The normalized spacial score (nSPS) is 10.3. The first-order valence-corrected chi connectivity index (χ1v) is 10.8. The van der Waals surface area contributed by atoms with Crippen molar-refractivity contribution < 1.29 is 14.4 Å². The zero-order valence-corrected chi connectivity index (χ0v) is 18.5. The van der Waals surface area contributed by atoms with E-state index in [9.17, 15) is 14.4 Å². The Morgan fingerprint density at radius 3 is 2.00 bits per heavy atom. The predicted molar refractivity (Wildman–Crippen MR) is 125 cm³/mol. The Morgan fingerprint density at radius 1 is 0.774 bits per heavy atom. The van der Waals surface area contributed by atoms with Crippen molar-refractivity contribution >= 4 is 34.8 Å². The molecule has 0 atom stereocenters. The number of carbonyl (C=O) groups excluding carboxylic acids is 3. The van der Waals surface area contributed by atoms with Gasteiger partial charge in [0.2, 0.25) is 11.8 Å². The van der Waals surface area contributed by atoms with Crippen LogP contribution in [-0.4, -0.2) is 42.3 Å². The lowest BCUT2D eigenvalue weighted by atomic mass is 10.1. The van der Waals surface area contributed by atoms with E-state index in [1.807, 2.05) is 17.0 Å². The number of rotatable bonds is 11. The molecule has 3 amide bonds. The minimum Gasteiger partial charge on any atom is -0.376 e. The van der Waals surface area contributed by atoms with Gasteiger partial charge in [0, 0.05) is 42.1 Å². The summed E-state index contributed by atoms with van der Waals surface area (Å²) >= 11 is 0. The smallest absolute Gasteiger partial charge is 0.253 e. The molecule has 0 saturated heterocycles. The topological polar surface area (TPSA) is 90.5 Å². The summed E-state index contributed by atoms with van der Waals surface area (Å²) in [5.74, 6) is -0.261. The molecule has 0 aliphatic rings. The molecule has 0 aromatic heterocycles. The number of hydrogen-bond acceptors (Lipinski definition) is 4. The van der Waals surface area contributed by atoms with Crippen molar-refractivity contribution in [2.45, 2.75) is 40.0 Å². The Morgan fingerprint density at radius 2 is 1.39 bits per heavy atom. The van der Waals surface area contributed by atoms with Crippen LogP contribution in [-0.2, 0) is 9.59 Å². The van der Waals surface area contributed by atoms with Gasteiger partial charge in [-0.1, -0.05) is 26.8 Å². The van der Waals surface area contributed by atoms with Gasteiger partial charge >= 0.3 is 0 Å². The molecule has 0 heterocycles. The summed E-state index contributed by atoms with van der Waals surface area (Å²) in [6, 6.07) is 14.2. The molecule has 2 rings (SSSR count). The fourth-order valence-corrected chi connectivity index (χ4v) is 3.08. The van der Waals surface area contributed by atoms with E-state index in [-0.39, 0.29) is 24.3 Å². The van der Waals surface area contributed by atoms with Crippen LogP contribution < -0.4 is 16.0 Å². The van der Waals surface area contributed by atoms with Crippen LogP contribution in [0.4, 0.5) is 17.1 Å². The lowest BCUT2D eigenvalue weighted by Gasteiger charge is -2.21. The third-order valence-corrected chi connectivity index (χ3v) is 4.61. The fraction of sp³-hybridized carbons (Fsp3) is 0.375. The Labute approximate surface area is 184 Å². The third-order valence-electron chi connectivity index (χ3n) is 4.61. The van der Waals surface area contributed by atoms with Crippen LogP contribution in [0.25, 0.3) is 0 Å². The van der Waals surface area contributed by atoms with Gasteiger partial charge in [-0.15, -0.1) is 0 Å². The van der Waals surface area contributed by atoms with Crippen molar-refractivity contribution in [3.05, 3.63) is 54.1 Å². The van der Waals surface area contributed by atoms with E-state index in [4.69, 9.17) is 0 Å². The molecule has 0 saturated carbocycles. The van der Waals surface area contributed by atoms with Gasteiger partial charge in [-0.2, -0.15) is 0 Å². The van der Waals surface area contributed by atoms with Crippen LogP contribution in [0.1, 0.15) is 50.4 Å². The van der Waals surface area contributed by atoms with Crippen molar-refractivity contribution in [3.8, 4) is 0 Å². The van der Waals surface area contributed by atoms with Gasteiger partial charge in [0.05, 0.1) is 6.54 Å². The number of hydrogen-bond donors (Lipinski definition) is 3. The van der Waals surface area contributed by atoms with Crippen molar-refractivity contribution in [1.82, 2.24) is 4.90 Å². The molecule has 0 spiro atoms. The minimum atomic E-state index is -0.208. The molecule has 166 valence electrons. The molecule has 31 heavy (non-hydrogen) atoms. The first-order valence-electron chi connectivity index (χ1n) is 10.8. The number of anilines is 3. The van der Waals surface area contributed by atoms with Crippen LogP contribution in [0.15, 0.2) is 48.5 Å². The largest absolute Gasteiger partial charge is 0.376 e. The van der Waals surface area contributed by atoms with Crippen LogP contribution in [0.2, 0.25) is 0 Å². The number of amides is 3. The van der Waals surface area contributed by atoms with Crippen LogP contribution in [0, 0.1) is 0 Å². The summed E-state index contributed by atoms with van der Waals surface area (Å²) in [6.07, 6.45) is 2.24. The van der Waals surface area contributed by atoms with Crippen LogP contribution in [0.3, 0.4) is 0 Å². The van der Waals surface area contributed by atoms with Gasteiger partial charge in [0.25, 0.3) is 5.91 Å². The maximum atomic E-state index is 12.6. The molecule has 0 fully saturated rings. The molecule has 0 aliphatic heterocycles. The second-order valence-electron chi connectivity index (χ2n) is 7.25. The standard InChI is InChI=1S/C24H32N4O3/c1-4-14-28(15-5-2)24(31)18-10-12-19(13-11-18)26-23(30)17-25-20-8-7-9-21(16-20)27-22(29)6-3/h7-13,16,25H,4-6,14-15,17H2,1-3H3,(H,26,30)(H,27,29). The molecular weight excluding hydrogens is 392 g/mol. The van der Waals surface area contributed by atoms with E-state index in [0.717, 1.165) is 31.6 Å². The minimum absolute atomic E-state index is 0.0123. The summed E-state index contributed by atoms with van der Waals surface area (Å²) in [4.78, 5) is 38.3. The van der Waals surface area contributed by atoms with Gasteiger partial charge in [0.1, 0.15) is 0 Å². The van der Waals surface area contributed by atoms with Crippen LogP contribution in [0.5, 0.6) is 0 Å². The van der Waals surface area contributed by atoms with E-state index in [2.05, 4.69) is 29.8 Å². The second-order valence-corrected chi connectivity index (χ2v) is 7.25. The maximum Gasteiger partial charge on any atom is 0.253 e. The van der Waals surface area contributed by atoms with E-state index < -0.39 is 0 Å². The summed E-state index contributed by atoms with van der Waals surface area (Å²) < 4.78 is 0. The van der Waals surface area contributed by atoms with E-state index >= 15 is 0 Å². The third kappa shape index (κ3) is 7.77. The first kappa shape index (κ1) is 23.9. The van der Waals surface area contributed by atoms with Gasteiger partial charge in [-0.05, 0) is 55.3 Å². The summed E-state index contributed by atoms with van der Waals surface area (Å²) in [7, 11) is 0. The SMILES string of the molecule is CCCN(CCC)C(=O)c1ccc(NC(=O)CNc2cccc(NC(=O)CC)c2)cc1. The van der Waals surface area contributed by atoms with Gasteiger partial charge in [-0.25, -0.2) is 0 Å². The molecule has 3 N–H and O–H groups in total. The molecule has 7 heteroatoms. The Bertz CT molecular complexity index is 875. The molecular formula is C24H32N4O3. The molecule has 0 aliphatic carbocycles. The van der Waals surface area contributed by atoms with Crippen LogP contribution >= 0.6 is 0 Å². The summed E-state index contributed by atoms with van der Waals surface area (Å²) in [5.41, 5.74) is 2.66. The lowest BCUT2D eigenvalue weighted by Crippen LogP contribution is -2.32. The van der Waals surface area contributed by atoms with Crippen molar-refractivity contribution in [2.24, 2.45) is 0 Å². The predicted octanol–water partition coefficient (Wildman–Crippen LogP) is 4.35. The number of benzene rings is 2. The summed E-state index contributed by atoms with van der Waals surface area (Å²) in [5, 5.41) is 8.65. The zero-order chi connectivity index (χ0) is 22.6. The number of nitrogens with one attached hydrogen (secondary N) is 3. The highest BCUT2D eigenvalue weighted by molar-refractivity contribution is 5.97. The fourth-order valence-electron chi connectivity index (χ4n) is 3.08. The monoisotopic (exact) mass is 424 g/mol. The molecule has 2 aromatic rings. The van der Waals surface area contributed by atoms with Crippen molar-refractivity contribution in [1.29, 1.82) is 0 Å². The molecule has 0 unspecified atom stereocenters.